The number of hydrogen-bond donors (Lipinski definition) is 2. The number of aromatic nitrogens is 2. The van der Waals surface area contributed by atoms with Crippen molar-refractivity contribution >= 4 is 17.8 Å². The van der Waals surface area contributed by atoms with Crippen LogP contribution in [0.1, 0.15) is 32.6 Å². The molecule has 1 aliphatic rings. The van der Waals surface area contributed by atoms with Crippen LogP contribution in [0.4, 0.5) is 6.01 Å². The molecule has 1 atom stereocenters. The smallest absolute Gasteiger partial charge is 0.315 e. The third-order valence-electron chi connectivity index (χ3n) is 2.80. The SMILES string of the molecule is CC(C)CNCc1nnc(NCC2CCCS2)o1. The van der Waals surface area contributed by atoms with Gasteiger partial charge in [-0.2, -0.15) is 11.8 Å². The van der Waals surface area contributed by atoms with Gasteiger partial charge in [-0.15, -0.1) is 5.10 Å². The van der Waals surface area contributed by atoms with E-state index in [0.29, 0.717) is 29.6 Å². The van der Waals surface area contributed by atoms with Crippen molar-refractivity contribution in [3.8, 4) is 0 Å². The maximum absolute atomic E-state index is 5.52. The molecule has 2 N–H and O–H groups in total. The van der Waals surface area contributed by atoms with Gasteiger partial charge < -0.3 is 15.1 Å². The molecule has 6 heteroatoms. The Kier molecular flexibility index (Phi) is 5.31. The number of nitrogens with one attached hydrogen (secondary N) is 2. The maximum atomic E-state index is 5.52. The molecule has 1 unspecified atom stereocenters. The first-order valence-corrected chi connectivity index (χ1v) is 7.67. The molecule has 1 aromatic rings. The van der Waals surface area contributed by atoms with Gasteiger partial charge in [-0.1, -0.05) is 18.9 Å². The Balaban J connectivity index is 1.68. The van der Waals surface area contributed by atoms with Crippen molar-refractivity contribution in [3.05, 3.63) is 5.89 Å². The molecule has 2 heterocycles. The number of thioether (sulfide) groups is 1. The first-order valence-electron chi connectivity index (χ1n) is 6.62. The number of rotatable bonds is 7. The standard InChI is InChI=1S/C12H22N4OS/c1-9(2)6-13-8-11-15-16-12(17-11)14-7-10-4-3-5-18-10/h9-10,13H,3-8H2,1-2H3,(H,14,16). The molecule has 0 radical (unpaired) electrons. The van der Waals surface area contributed by atoms with Crippen molar-refractivity contribution in [2.75, 3.05) is 24.2 Å². The molecule has 5 nitrogen and oxygen atoms in total. The Morgan fingerprint density at radius 3 is 3.06 bits per heavy atom. The average Bonchev–Trinajstić information content (AvgIpc) is 2.96. The molecule has 0 aromatic carbocycles. The molecule has 18 heavy (non-hydrogen) atoms. The van der Waals surface area contributed by atoms with E-state index in [2.05, 4.69) is 34.7 Å². The van der Waals surface area contributed by atoms with Gasteiger partial charge in [-0.3, -0.25) is 0 Å². The van der Waals surface area contributed by atoms with E-state index < -0.39 is 0 Å². The molecule has 2 rings (SSSR count). The van der Waals surface area contributed by atoms with E-state index in [1.807, 2.05) is 11.8 Å². The Morgan fingerprint density at radius 2 is 2.33 bits per heavy atom. The molecule has 0 saturated carbocycles. The second-order valence-corrected chi connectivity index (χ2v) is 6.45. The monoisotopic (exact) mass is 270 g/mol. The zero-order valence-corrected chi connectivity index (χ0v) is 11.9. The van der Waals surface area contributed by atoms with Crippen LogP contribution >= 0.6 is 11.8 Å². The highest BCUT2D eigenvalue weighted by molar-refractivity contribution is 8.00. The third-order valence-corrected chi connectivity index (χ3v) is 4.20. The minimum atomic E-state index is 0.545. The zero-order chi connectivity index (χ0) is 12.8. The molecule has 102 valence electrons. The van der Waals surface area contributed by atoms with Crippen LogP contribution in [0, 0.1) is 5.92 Å². The highest BCUT2D eigenvalue weighted by Crippen LogP contribution is 2.26. The summed E-state index contributed by atoms with van der Waals surface area (Å²) in [6.07, 6.45) is 2.61. The van der Waals surface area contributed by atoms with Gasteiger partial charge in [-0.05, 0) is 31.1 Å². The van der Waals surface area contributed by atoms with Crippen molar-refractivity contribution in [1.82, 2.24) is 15.5 Å². The fourth-order valence-electron chi connectivity index (χ4n) is 1.87. The lowest BCUT2D eigenvalue weighted by Gasteiger charge is -2.07. The van der Waals surface area contributed by atoms with Crippen LogP contribution < -0.4 is 10.6 Å². The summed E-state index contributed by atoms with van der Waals surface area (Å²) in [4.78, 5) is 0. The van der Waals surface area contributed by atoms with E-state index in [1.54, 1.807) is 0 Å². The third kappa shape index (κ3) is 4.49. The van der Waals surface area contributed by atoms with Crippen LogP contribution in [0.25, 0.3) is 0 Å². The highest BCUT2D eigenvalue weighted by Gasteiger charge is 2.16. The second-order valence-electron chi connectivity index (χ2n) is 5.04. The summed E-state index contributed by atoms with van der Waals surface area (Å²) in [7, 11) is 0. The number of anilines is 1. The van der Waals surface area contributed by atoms with E-state index in [0.717, 1.165) is 13.1 Å². The lowest BCUT2D eigenvalue weighted by atomic mass is 10.2. The molecule has 1 fully saturated rings. The molecule has 0 aliphatic carbocycles. The molecule has 1 aromatic heterocycles. The first-order chi connectivity index (χ1) is 8.74. The van der Waals surface area contributed by atoms with Crippen molar-refractivity contribution in [2.24, 2.45) is 5.92 Å². The van der Waals surface area contributed by atoms with Gasteiger partial charge in [0.1, 0.15) is 0 Å². The first kappa shape index (κ1) is 13.7. The van der Waals surface area contributed by atoms with Crippen LogP contribution in [0.5, 0.6) is 0 Å². The zero-order valence-electron chi connectivity index (χ0n) is 11.1. The van der Waals surface area contributed by atoms with Crippen molar-refractivity contribution < 1.29 is 4.42 Å². The summed E-state index contributed by atoms with van der Waals surface area (Å²) in [6.45, 7) is 6.88. The van der Waals surface area contributed by atoms with Crippen LogP contribution in [0.2, 0.25) is 0 Å². The van der Waals surface area contributed by atoms with Crippen LogP contribution in [-0.2, 0) is 6.54 Å². The summed E-state index contributed by atoms with van der Waals surface area (Å²) < 4.78 is 5.52. The Labute approximate surface area is 112 Å². The van der Waals surface area contributed by atoms with Crippen molar-refractivity contribution in [3.63, 3.8) is 0 Å². The summed E-state index contributed by atoms with van der Waals surface area (Å²) in [5.74, 6) is 2.56. The molecule has 0 amide bonds. The normalized spacial score (nSPS) is 19.6. The lowest BCUT2D eigenvalue weighted by molar-refractivity contribution is 0.458. The molecular weight excluding hydrogens is 248 g/mol. The fourth-order valence-corrected chi connectivity index (χ4v) is 3.07. The van der Waals surface area contributed by atoms with Gasteiger partial charge in [0.15, 0.2) is 0 Å². The van der Waals surface area contributed by atoms with Gasteiger partial charge in [0, 0.05) is 11.8 Å². The predicted molar refractivity (Wildman–Crippen MR) is 74.8 cm³/mol. The predicted octanol–water partition coefficient (Wildman–Crippen LogP) is 2.12. The molecule has 0 spiro atoms. The Bertz CT molecular complexity index is 350. The van der Waals surface area contributed by atoms with E-state index in [-0.39, 0.29) is 0 Å². The van der Waals surface area contributed by atoms with Crippen molar-refractivity contribution in [2.45, 2.75) is 38.5 Å². The second kappa shape index (κ2) is 6.99. The minimum absolute atomic E-state index is 0.545. The maximum Gasteiger partial charge on any atom is 0.315 e. The van der Waals surface area contributed by atoms with Crippen molar-refractivity contribution in [1.29, 1.82) is 0 Å². The van der Waals surface area contributed by atoms with Gasteiger partial charge in [0.05, 0.1) is 6.54 Å². The number of nitrogens with zero attached hydrogens (tertiary/aromatic N) is 2. The van der Waals surface area contributed by atoms with Gasteiger partial charge in [-0.25, -0.2) is 0 Å². The summed E-state index contributed by atoms with van der Waals surface area (Å²) in [6, 6.07) is 0.545. The van der Waals surface area contributed by atoms with Crippen LogP contribution in [0.15, 0.2) is 4.42 Å². The van der Waals surface area contributed by atoms with Crippen LogP contribution in [-0.4, -0.2) is 34.3 Å². The van der Waals surface area contributed by atoms with E-state index in [1.165, 1.54) is 18.6 Å². The van der Waals surface area contributed by atoms with E-state index >= 15 is 0 Å². The molecule has 1 aliphatic heterocycles. The summed E-state index contributed by atoms with van der Waals surface area (Å²) >= 11 is 2.02. The van der Waals surface area contributed by atoms with Gasteiger partial charge in [0.2, 0.25) is 5.89 Å². The summed E-state index contributed by atoms with van der Waals surface area (Å²) in [5, 5.41) is 15.2. The van der Waals surface area contributed by atoms with E-state index in [4.69, 9.17) is 4.42 Å². The lowest BCUT2D eigenvalue weighted by Crippen LogP contribution is -2.19. The quantitative estimate of drug-likeness (QED) is 0.791. The Hall–Kier alpha value is -0.750. The highest BCUT2D eigenvalue weighted by atomic mass is 32.2. The molecule has 0 bridgehead atoms. The topological polar surface area (TPSA) is 63.0 Å². The summed E-state index contributed by atoms with van der Waals surface area (Å²) in [5.41, 5.74) is 0. The average molecular weight is 270 g/mol. The van der Waals surface area contributed by atoms with Crippen LogP contribution in [0.3, 0.4) is 0 Å². The van der Waals surface area contributed by atoms with Gasteiger partial charge >= 0.3 is 6.01 Å². The van der Waals surface area contributed by atoms with Gasteiger partial charge in [0.25, 0.3) is 0 Å². The van der Waals surface area contributed by atoms with E-state index in [9.17, 15) is 0 Å². The Morgan fingerprint density at radius 1 is 1.44 bits per heavy atom. The molecule has 1 saturated heterocycles. The largest absolute Gasteiger partial charge is 0.407 e. The number of hydrogen-bond acceptors (Lipinski definition) is 6. The minimum Gasteiger partial charge on any atom is -0.407 e. The fraction of sp³-hybridized carbons (Fsp3) is 0.833. The molecular formula is C12H22N4OS.